The van der Waals surface area contributed by atoms with Crippen molar-refractivity contribution in [3.63, 3.8) is 0 Å². The number of anilines is 1. The molecule has 1 atom stereocenters. The van der Waals surface area contributed by atoms with Crippen LogP contribution in [0.3, 0.4) is 0 Å². The van der Waals surface area contributed by atoms with Crippen LogP contribution in [0.25, 0.3) is 0 Å². The van der Waals surface area contributed by atoms with E-state index in [1.807, 2.05) is 19.0 Å². The van der Waals surface area contributed by atoms with Gasteiger partial charge in [0.05, 0.1) is 27.0 Å². The van der Waals surface area contributed by atoms with E-state index >= 15 is 0 Å². The van der Waals surface area contributed by atoms with Gasteiger partial charge < -0.3 is 20.6 Å². The highest BCUT2D eigenvalue weighted by molar-refractivity contribution is 7.93. The van der Waals surface area contributed by atoms with Crippen molar-refractivity contribution in [3.05, 3.63) is 28.5 Å². The molecule has 6 nitrogen and oxygen atoms in total. The van der Waals surface area contributed by atoms with Gasteiger partial charge in [-0.3, -0.25) is 0 Å². The smallest absolute Gasteiger partial charge is 0.157 e. The van der Waals surface area contributed by atoms with Crippen molar-refractivity contribution in [2.75, 3.05) is 38.8 Å². The number of phenolic OH excluding ortho intramolecular Hbond substituents is 1. The average molecular weight is 429 g/mol. The van der Waals surface area contributed by atoms with Crippen LogP contribution in [-0.2, 0) is 9.73 Å². The summed E-state index contributed by atoms with van der Waals surface area (Å²) >= 11 is 6.29. The van der Waals surface area contributed by atoms with Gasteiger partial charge in [0.2, 0.25) is 0 Å². The summed E-state index contributed by atoms with van der Waals surface area (Å²) in [5.41, 5.74) is 2.75. The number of nitrogens with zero attached hydrogens (tertiary/aromatic N) is 2. The second kappa shape index (κ2) is 9.85. The molecule has 3 N–H and O–H groups in total. The molecule has 0 aromatic heterocycles. The number of hydrogen-bond donors (Lipinski definition) is 3. The molecule has 1 unspecified atom stereocenters. The normalized spacial score (nSPS) is 16.1. The van der Waals surface area contributed by atoms with E-state index in [1.54, 1.807) is 12.1 Å². The zero-order valence-electron chi connectivity index (χ0n) is 17.5. The fourth-order valence-electron chi connectivity index (χ4n) is 3.06. The lowest BCUT2D eigenvalue weighted by atomic mass is 9.98. The van der Waals surface area contributed by atoms with E-state index in [9.17, 15) is 9.32 Å². The van der Waals surface area contributed by atoms with Crippen LogP contribution in [0.5, 0.6) is 5.75 Å². The molecule has 158 valence electrons. The summed E-state index contributed by atoms with van der Waals surface area (Å²) in [6.07, 6.45) is 5.56. The van der Waals surface area contributed by atoms with E-state index in [4.69, 9.17) is 11.6 Å². The Bertz CT molecular complexity index is 841. The summed E-state index contributed by atoms with van der Waals surface area (Å²) in [6.45, 7) is 5.43. The Hall–Kier alpha value is -1.44. The van der Waals surface area contributed by atoms with Crippen molar-refractivity contribution in [1.82, 2.24) is 10.2 Å². The lowest BCUT2D eigenvalue weighted by molar-refractivity contribution is 0.421. The van der Waals surface area contributed by atoms with Gasteiger partial charge in [0, 0.05) is 30.2 Å². The van der Waals surface area contributed by atoms with E-state index in [1.165, 1.54) is 12.0 Å². The highest BCUT2D eigenvalue weighted by atomic mass is 35.5. The molecule has 1 aromatic rings. The molecule has 1 aliphatic carbocycles. The molecule has 0 spiro atoms. The summed E-state index contributed by atoms with van der Waals surface area (Å²) < 4.78 is 17.4. The largest absolute Gasteiger partial charge is 0.504 e. The van der Waals surface area contributed by atoms with Crippen molar-refractivity contribution >= 4 is 27.0 Å². The summed E-state index contributed by atoms with van der Waals surface area (Å²) in [5.74, 6) is -0.0881. The third-order valence-corrected chi connectivity index (χ3v) is 7.26. The highest BCUT2D eigenvalue weighted by Gasteiger charge is 2.23. The Morgan fingerprint density at radius 1 is 1.25 bits per heavy atom. The molecule has 0 saturated carbocycles. The van der Waals surface area contributed by atoms with Crippen molar-refractivity contribution < 1.29 is 9.32 Å². The molecule has 0 amide bonds. The summed E-state index contributed by atoms with van der Waals surface area (Å²) in [4.78, 5) is 2.17. The fraction of sp³-hybridized carbons (Fsp3) is 0.600. The Labute approximate surface area is 174 Å². The van der Waals surface area contributed by atoms with E-state index in [2.05, 4.69) is 28.8 Å². The predicted octanol–water partition coefficient (Wildman–Crippen LogP) is 4.26. The molecule has 0 bridgehead atoms. The van der Waals surface area contributed by atoms with Crippen LogP contribution >= 0.6 is 11.6 Å². The number of benzene rings is 1. The van der Waals surface area contributed by atoms with Crippen LogP contribution < -0.4 is 10.6 Å². The van der Waals surface area contributed by atoms with Gasteiger partial charge in [-0.1, -0.05) is 25.4 Å². The van der Waals surface area contributed by atoms with Gasteiger partial charge in [0.15, 0.2) is 5.75 Å². The standard InChI is InChI=1S/C20H33ClN4O2S/c1-6-14(7-2)23-16-10-11-17(16)24-18-9-8-15(21)20(19(18)26)28(5,27)22-12-13-25(3)4/h8-9,14,23-24,26H,6-7,10-13H2,1-5H3. The van der Waals surface area contributed by atoms with E-state index < -0.39 is 9.73 Å². The van der Waals surface area contributed by atoms with Gasteiger partial charge in [0.1, 0.15) is 4.90 Å². The molecule has 0 aliphatic heterocycles. The van der Waals surface area contributed by atoms with Crippen molar-refractivity contribution in [1.29, 1.82) is 0 Å². The number of likely N-dealkylation sites (N-methyl/N-ethyl adjacent to an activating group) is 1. The van der Waals surface area contributed by atoms with Crippen LogP contribution in [-0.4, -0.2) is 53.7 Å². The summed E-state index contributed by atoms with van der Waals surface area (Å²) in [7, 11) is 1.05. The first-order valence-corrected chi connectivity index (χ1v) is 12.1. The maximum absolute atomic E-state index is 13.1. The first kappa shape index (κ1) is 22.8. The maximum Gasteiger partial charge on any atom is 0.157 e. The number of phenols is 1. The number of hydrogen-bond acceptors (Lipinski definition) is 6. The summed E-state index contributed by atoms with van der Waals surface area (Å²) in [5, 5.41) is 17.9. The second-order valence-corrected chi connectivity index (χ2v) is 10.1. The summed E-state index contributed by atoms with van der Waals surface area (Å²) in [6, 6.07) is 3.83. The van der Waals surface area contributed by atoms with E-state index in [0.717, 1.165) is 31.4 Å². The number of halogens is 1. The molecule has 0 radical (unpaired) electrons. The van der Waals surface area contributed by atoms with E-state index in [-0.39, 0.29) is 15.7 Å². The molecule has 1 aliphatic rings. The van der Waals surface area contributed by atoms with Gasteiger partial charge in [-0.05, 0) is 51.9 Å². The first-order chi connectivity index (χ1) is 13.2. The van der Waals surface area contributed by atoms with Crippen LogP contribution in [0.4, 0.5) is 5.69 Å². The lowest BCUT2D eigenvalue weighted by Crippen LogP contribution is -2.32. The molecule has 8 heteroatoms. The molecule has 0 fully saturated rings. The van der Waals surface area contributed by atoms with Gasteiger partial charge in [-0.25, -0.2) is 8.57 Å². The molecule has 28 heavy (non-hydrogen) atoms. The van der Waals surface area contributed by atoms with Crippen molar-refractivity contribution in [3.8, 4) is 5.75 Å². The van der Waals surface area contributed by atoms with Crippen LogP contribution in [0.2, 0.25) is 5.02 Å². The second-order valence-electron chi connectivity index (χ2n) is 7.47. The first-order valence-electron chi connectivity index (χ1n) is 9.79. The zero-order chi connectivity index (χ0) is 20.9. The third-order valence-electron chi connectivity index (χ3n) is 4.99. The minimum absolute atomic E-state index is 0.0881. The van der Waals surface area contributed by atoms with Crippen LogP contribution in [0.15, 0.2) is 32.8 Å². The third kappa shape index (κ3) is 5.55. The average Bonchev–Trinajstić information content (AvgIpc) is 2.60. The van der Waals surface area contributed by atoms with Crippen molar-refractivity contribution in [2.24, 2.45) is 4.36 Å². The minimum atomic E-state index is -2.81. The molecule has 0 saturated heterocycles. The Morgan fingerprint density at radius 2 is 1.89 bits per heavy atom. The topological polar surface area (TPSA) is 77.0 Å². The molecular weight excluding hydrogens is 396 g/mol. The maximum atomic E-state index is 13.1. The van der Waals surface area contributed by atoms with Crippen LogP contribution in [0.1, 0.15) is 39.5 Å². The zero-order valence-corrected chi connectivity index (χ0v) is 19.1. The van der Waals surface area contributed by atoms with Crippen molar-refractivity contribution in [2.45, 2.75) is 50.5 Å². The predicted molar refractivity (Wildman–Crippen MR) is 119 cm³/mol. The minimum Gasteiger partial charge on any atom is -0.504 e. The molecule has 2 rings (SSSR count). The molecule has 1 aromatic carbocycles. The van der Waals surface area contributed by atoms with E-state index in [0.29, 0.717) is 24.8 Å². The molecular formula is C20H33ClN4O2S. The Balaban J connectivity index is 2.29. The number of aromatic hydroxyl groups is 1. The lowest BCUT2D eigenvalue weighted by Gasteiger charge is -2.30. The Kier molecular flexibility index (Phi) is 8.04. The van der Waals surface area contributed by atoms with Gasteiger partial charge in [-0.15, -0.1) is 0 Å². The molecule has 0 heterocycles. The monoisotopic (exact) mass is 428 g/mol. The SMILES string of the molecule is CCC(CC)NC1=C(Nc2ccc(Cl)c(S(C)(=O)=NCCN(C)C)c2O)CC1. The number of nitrogens with one attached hydrogen (secondary N) is 2. The number of allylic oxidation sites excluding steroid dienone is 2. The number of rotatable bonds is 10. The van der Waals surface area contributed by atoms with Crippen LogP contribution in [0, 0.1) is 0 Å². The highest BCUT2D eigenvalue weighted by Crippen LogP contribution is 2.39. The quantitative estimate of drug-likeness (QED) is 0.485. The van der Waals surface area contributed by atoms with Gasteiger partial charge in [-0.2, -0.15) is 0 Å². The Morgan fingerprint density at radius 3 is 2.43 bits per heavy atom. The fourth-order valence-corrected chi connectivity index (χ4v) is 5.10. The van der Waals surface area contributed by atoms with Gasteiger partial charge in [0.25, 0.3) is 0 Å². The van der Waals surface area contributed by atoms with Gasteiger partial charge >= 0.3 is 0 Å².